The molecule has 0 aliphatic carbocycles. The number of fused-ring (bicyclic) bond motifs is 1. The van der Waals surface area contributed by atoms with E-state index in [-0.39, 0.29) is 78.2 Å². The fourth-order valence-electron chi connectivity index (χ4n) is 8.31. The van der Waals surface area contributed by atoms with E-state index in [9.17, 15) is 5.11 Å². The normalized spacial score (nSPS) is 13.4. The fraction of sp³-hybridized carbons (Fsp3) is 0.300. The van der Waals surface area contributed by atoms with Gasteiger partial charge in [0.25, 0.3) is 0 Å². The van der Waals surface area contributed by atoms with E-state index in [4.69, 9.17) is 16.8 Å². The minimum absolute atomic E-state index is 0. The summed E-state index contributed by atoms with van der Waals surface area (Å²) in [7, 11) is 0. The Labute approximate surface area is 409 Å². The van der Waals surface area contributed by atoms with Gasteiger partial charge >= 0.3 is 0 Å². The Balaban J connectivity index is 0.00000722. The standard InChI is InChI=1S/C60H64N3O.Pt/c1-13-59(9,10)46-37-49(55(64)50(38-46)60(11,12)14-2)56-62-54-47(26-21-27-53(54)63(56)52-29-28-44(57(3,4)5)36-48(52)40-24-19-16-20-25-40)42-32-43(34-45(33-42)58(6,7)8)51-35-41(30-31-61-51)39-22-17-15-18-23-39;/h15-31,33-38,64H,13-14H2,1-12H3;/q-1;/i15D,17D,18D,22D,23D;. The number of aromatic hydroxyl groups is 1. The summed E-state index contributed by atoms with van der Waals surface area (Å²) in [6, 6.07) is 37.4. The van der Waals surface area contributed by atoms with Crippen LogP contribution in [-0.4, -0.2) is 19.6 Å². The van der Waals surface area contributed by atoms with Crippen LogP contribution in [-0.2, 0) is 42.7 Å². The van der Waals surface area contributed by atoms with E-state index in [0.717, 1.165) is 68.5 Å². The summed E-state index contributed by atoms with van der Waals surface area (Å²) < 4.78 is 44.6. The molecule has 0 atom stereocenters. The number of imidazole rings is 1. The Morgan fingerprint density at radius 1 is 0.600 bits per heavy atom. The molecule has 0 radical (unpaired) electrons. The molecule has 8 rings (SSSR count). The summed E-state index contributed by atoms with van der Waals surface area (Å²) in [4.78, 5) is 10.5. The van der Waals surface area contributed by atoms with Crippen LogP contribution in [0, 0.1) is 6.07 Å². The molecule has 0 saturated carbocycles. The van der Waals surface area contributed by atoms with Gasteiger partial charge in [-0.1, -0.05) is 185 Å². The maximum Gasteiger partial charge on any atom is 0.148 e. The minimum Gasteiger partial charge on any atom is -0.507 e. The Kier molecular flexibility index (Phi) is 11.3. The first-order valence-electron chi connectivity index (χ1n) is 25.1. The zero-order valence-electron chi connectivity index (χ0n) is 44.9. The predicted octanol–water partition coefficient (Wildman–Crippen LogP) is 16.2. The molecule has 0 aliphatic rings. The predicted molar refractivity (Wildman–Crippen MR) is 271 cm³/mol. The van der Waals surface area contributed by atoms with Crippen LogP contribution in [0.2, 0.25) is 0 Å². The third kappa shape index (κ3) is 9.30. The molecular formula is C60H64N3OPt-. The number of para-hydroxylation sites is 1. The van der Waals surface area contributed by atoms with Crippen molar-refractivity contribution in [1.29, 1.82) is 0 Å². The summed E-state index contributed by atoms with van der Waals surface area (Å²) in [5.41, 5.74) is 12.0. The smallest absolute Gasteiger partial charge is 0.148 e. The van der Waals surface area contributed by atoms with E-state index in [0.29, 0.717) is 28.2 Å². The molecule has 0 bridgehead atoms. The number of phenolic OH excluding ortho intramolecular Hbond substituents is 1. The first kappa shape index (κ1) is 40.9. The molecule has 2 heterocycles. The third-order valence-corrected chi connectivity index (χ3v) is 13.4. The van der Waals surface area contributed by atoms with E-state index in [1.807, 2.05) is 6.07 Å². The van der Waals surface area contributed by atoms with Gasteiger partial charge in [-0.05, 0) is 92.7 Å². The van der Waals surface area contributed by atoms with Gasteiger partial charge in [0.1, 0.15) is 11.6 Å². The van der Waals surface area contributed by atoms with Crippen molar-refractivity contribution in [3.63, 3.8) is 0 Å². The molecule has 0 saturated heterocycles. The second-order valence-corrected chi connectivity index (χ2v) is 20.6. The summed E-state index contributed by atoms with van der Waals surface area (Å²) in [5, 5.41) is 12.7. The number of hydrogen-bond acceptors (Lipinski definition) is 3. The van der Waals surface area contributed by atoms with Crippen molar-refractivity contribution in [1.82, 2.24) is 14.5 Å². The van der Waals surface area contributed by atoms with Crippen LogP contribution in [0.3, 0.4) is 0 Å². The van der Waals surface area contributed by atoms with Gasteiger partial charge in [-0.25, -0.2) is 4.98 Å². The summed E-state index contributed by atoms with van der Waals surface area (Å²) in [5.74, 6) is 0.842. The van der Waals surface area contributed by atoms with E-state index in [1.165, 1.54) is 5.56 Å². The van der Waals surface area contributed by atoms with E-state index >= 15 is 0 Å². The van der Waals surface area contributed by atoms with Crippen LogP contribution in [0.5, 0.6) is 5.75 Å². The molecule has 2 aromatic heterocycles. The number of rotatable bonds is 10. The summed E-state index contributed by atoms with van der Waals surface area (Å²) >= 11 is 0. The van der Waals surface area contributed by atoms with Gasteiger partial charge in [0.05, 0.1) is 29.1 Å². The van der Waals surface area contributed by atoms with Gasteiger partial charge in [0.2, 0.25) is 0 Å². The molecular weight excluding hydrogens is 974 g/mol. The van der Waals surface area contributed by atoms with Crippen LogP contribution in [0.15, 0.2) is 140 Å². The molecule has 0 spiro atoms. The summed E-state index contributed by atoms with van der Waals surface area (Å²) in [6.07, 6.45) is 3.34. The van der Waals surface area contributed by atoms with Crippen molar-refractivity contribution >= 4 is 11.0 Å². The van der Waals surface area contributed by atoms with Crippen LogP contribution in [0.4, 0.5) is 0 Å². The van der Waals surface area contributed by atoms with Gasteiger partial charge in [-0.15, -0.1) is 29.3 Å². The molecule has 8 aromatic rings. The fourth-order valence-corrected chi connectivity index (χ4v) is 8.31. The first-order chi connectivity index (χ1) is 32.4. The zero-order chi connectivity index (χ0) is 50.1. The van der Waals surface area contributed by atoms with E-state index in [2.05, 4.69) is 179 Å². The second-order valence-electron chi connectivity index (χ2n) is 20.6. The molecule has 1 N–H and O–H groups in total. The number of benzene rings is 6. The molecule has 0 unspecified atom stereocenters. The average molecular weight is 1040 g/mol. The third-order valence-electron chi connectivity index (χ3n) is 13.4. The van der Waals surface area contributed by atoms with Crippen LogP contribution >= 0.6 is 0 Å². The number of pyridine rings is 1. The SMILES string of the molecule is [2H]c1c([2H])c([2H])c(-c2ccnc(-c3[c-]c(-c4cccc5c4nc(-c4cc(C(C)(C)CC)cc(C(C)(C)CC)c4O)n5-c4ccc(C(C)(C)C)cc4-c4ccccc4)cc(C(C)(C)C)c3)c2)c([2H])c1[2H].[Pt]. The van der Waals surface area contributed by atoms with E-state index < -0.39 is 6.04 Å². The molecule has 0 aliphatic heterocycles. The van der Waals surface area contributed by atoms with Gasteiger partial charge in [0.15, 0.2) is 0 Å². The number of hydrogen-bond donors (Lipinski definition) is 1. The minimum atomic E-state index is -0.435. The largest absolute Gasteiger partial charge is 0.507 e. The maximum atomic E-state index is 12.7. The topological polar surface area (TPSA) is 50.9 Å². The van der Waals surface area contributed by atoms with Crippen LogP contribution < -0.4 is 0 Å². The molecule has 336 valence electrons. The Morgan fingerprint density at radius 3 is 1.92 bits per heavy atom. The summed E-state index contributed by atoms with van der Waals surface area (Å²) in [6.45, 7) is 26.5. The molecule has 5 heteroatoms. The van der Waals surface area contributed by atoms with Gasteiger partial charge in [-0.2, -0.15) is 0 Å². The molecule has 4 nitrogen and oxygen atoms in total. The maximum absolute atomic E-state index is 12.7. The Hall–Kier alpha value is -5.57. The molecule has 0 fully saturated rings. The average Bonchev–Trinajstić information content (AvgIpc) is 3.71. The number of aromatic nitrogens is 3. The first-order valence-corrected chi connectivity index (χ1v) is 22.6. The number of nitrogens with zero attached hydrogens (tertiary/aromatic N) is 3. The van der Waals surface area contributed by atoms with Crippen molar-refractivity contribution in [3.8, 4) is 67.5 Å². The Morgan fingerprint density at radius 2 is 1.26 bits per heavy atom. The van der Waals surface area contributed by atoms with Crippen molar-refractivity contribution < 1.29 is 33.0 Å². The number of phenols is 1. The molecule has 0 amide bonds. The molecule has 65 heavy (non-hydrogen) atoms. The zero-order valence-corrected chi connectivity index (χ0v) is 42.2. The van der Waals surface area contributed by atoms with E-state index in [1.54, 1.807) is 18.3 Å². The van der Waals surface area contributed by atoms with Crippen LogP contribution in [0.25, 0.3) is 72.7 Å². The van der Waals surface area contributed by atoms with Gasteiger partial charge < -0.3 is 5.11 Å². The van der Waals surface area contributed by atoms with Gasteiger partial charge in [-0.3, -0.25) is 9.55 Å². The second kappa shape index (κ2) is 18.0. The van der Waals surface area contributed by atoms with Crippen molar-refractivity contribution in [2.24, 2.45) is 0 Å². The monoisotopic (exact) mass is 1040 g/mol. The van der Waals surface area contributed by atoms with Crippen molar-refractivity contribution in [3.05, 3.63) is 168 Å². The van der Waals surface area contributed by atoms with Crippen molar-refractivity contribution in [2.45, 2.75) is 118 Å². The van der Waals surface area contributed by atoms with Crippen molar-refractivity contribution in [2.75, 3.05) is 0 Å². The van der Waals surface area contributed by atoms with Crippen LogP contribution in [0.1, 0.15) is 125 Å². The Bertz CT molecular complexity index is 3260. The van der Waals surface area contributed by atoms with Gasteiger partial charge in [0, 0.05) is 44.1 Å². The molecule has 6 aromatic carbocycles. The quantitative estimate of drug-likeness (QED) is 0.139.